The largest absolute Gasteiger partial charge is 0.497 e. The van der Waals surface area contributed by atoms with Gasteiger partial charge in [0.05, 0.1) is 7.11 Å². The lowest BCUT2D eigenvalue weighted by Crippen LogP contribution is -2.50. The minimum Gasteiger partial charge on any atom is -0.497 e. The Morgan fingerprint density at radius 2 is 2.05 bits per heavy atom. The summed E-state index contributed by atoms with van der Waals surface area (Å²) < 4.78 is 5.09. The maximum absolute atomic E-state index is 12.3. The Morgan fingerprint density at radius 3 is 2.60 bits per heavy atom. The molecule has 1 N–H and O–H groups in total. The number of amides is 1. The van der Waals surface area contributed by atoms with Gasteiger partial charge in [0.1, 0.15) is 11.2 Å². The number of piperidine rings is 1. The average molecular weight is 277 g/mol. The highest BCUT2D eigenvalue weighted by atomic mass is 16.5. The highest BCUT2D eigenvalue weighted by molar-refractivity contribution is 6.01. The van der Waals surface area contributed by atoms with E-state index in [9.17, 15) is 14.7 Å². The lowest BCUT2D eigenvalue weighted by atomic mass is 9.81. The zero-order valence-corrected chi connectivity index (χ0v) is 11.8. The molecule has 1 fully saturated rings. The van der Waals surface area contributed by atoms with Gasteiger partial charge < -0.3 is 14.7 Å². The smallest absolute Gasteiger partial charge is 0.318 e. The molecule has 20 heavy (non-hydrogen) atoms. The summed E-state index contributed by atoms with van der Waals surface area (Å²) in [6.45, 7) is 2.55. The van der Waals surface area contributed by atoms with Crippen molar-refractivity contribution in [2.75, 3.05) is 13.7 Å². The van der Waals surface area contributed by atoms with Gasteiger partial charge in [-0.1, -0.05) is 12.1 Å². The Balaban J connectivity index is 2.12. The van der Waals surface area contributed by atoms with Crippen molar-refractivity contribution in [1.82, 2.24) is 4.90 Å². The normalized spacial score (nSPS) is 22.7. The number of nitrogens with zero attached hydrogens (tertiary/aromatic N) is 1. The third-order valence-electron chi connectivity index (χ3n) is 3.87. The van der Waals surface area contributed by atoms with Gasteiger partial charge >= 0.3 is 5.97 Å². The van der Waals surface area contributed by atoms with Gasteiger partial charge in [-0.05, 0) is 37.5 Å². The predicted molar refractivity (Wildman–Crippen MR) is 73.4 cm³/mol. The van der Waals surface area contributed by atoms with Crippen molar-refractivity contribution in [1.29, 1.82) is 0 Å². The van der Waals surface area contributed by atoms with Crippen molar-refractivity contribution >= 4 is 11.9 Å². The molecule has 1 saturated heterocycles. The van der Waals surface area contributed by atoms with Crippen molar-refractivity contribution in [3.63, 3.8) is 0 Å². The molecule has 1 aliphatic rings. The lowest BCUT2D eigenvalue weighted by Gasteiger charge is -2.36. The van der Waals surface area contributed by atoms with Crippen LogP contribution in [0.15, 0.2) is 24.3 Å². The van der Waals surface area contributed by atoms with E-state index in [-0.39, 0.29) is 5.91 Å². The van der Waals surface area contributed by atoms with E-state index in [2.05, 4.69) is 0 Å². The second kappa shape index (κ2) is 5.53. The molecule has 1 unspecified atom stereocenters. The number of hydrogen-bond acceptors (Lipinski definition) is 3. The molecule has 2 rings (SSSR count). The number of carboxylic acid groups (broad SMARTS) is 1. The van der Waals surface area contributed by atoms with Crippen molar-refractivity contribution in [2.24, 2.45) is 5.41 Å². The fraction of sp³-hybridized carbons (Fsp3) is 0.467. The SMILES string of the molecule is COc1ccc(CN2CCCC(C)(C(=O)O)C2=O)cc1. The van der Waals surface area contributed by atoms with Crippen LogP contribution in [0.5, 0.6) is 5.75 Å². The summed E-state index contributed by atoms with van der Waals surface area (Å²) in [5.74, 6) is -0.580. The molecule has 1 atom stereocenters. The van der Waals surface area contributed by atoms with Crippen LogP contribution in [0.25, 0.3) is 0 Å². The quantitative estimate of drug-likeness (QED) is 0.854. The van der Waals surface area contributed by atoms with Crippen LogP contribution in [-0.2, 0) is 16.1 Å². The van der Waals surface area contributed by atoms with Crippen LogP contribution in [0.2, 0.25) is 0 Å². The Morgan fingerprint density at radius 1 is 1.40 bits per heavy atom. The minimum atomic E-state index is -1.29. The predicted octanol–water partition coefficient (Wildman–Crippen LogP) is 1.91. The summed E-state index contributed by atoms with van der Waals surface area (Å²) in [6, 6.07) is 7.44. The Labute approximate surface area is 118 Å². The number of likely N-dealkylation sites (tertiary alicyclic amines) is 1. The van der Waals surface area contributed by atoms with E-state index in [0.29, 0.717) is 25.9 Å². The van der Waals surface area contributed by atoms with Gasteiger partial charge in [0.2, 0.25) is 5.91 Å². The first-order valence-electron chi connectivity index (χ1n) is 6.63. The van der Waals surface area contributed by atoms with Gasteiger partial charge in [-0.25, -0.2) is 0 Å². The minimum absolute atomic E-state index is 0.299. The molecule has 108 valence electrons. The molecule has 0 aliphatic carbocycles. The lowest BCUT2D eigenvalue weighted by molar-refractivity contribution is -0.163. The van der Waals surface area contributed by atoms with Crippen molar-refractivity contribution in [2.45, 2.75) is 26.3 Å². The van der Waals surface area contributed by atoms with Crippen LogP contribution in [0, 0.1) is 5.41 Å². The summed E-state index contributed by atoms with van der Waals surface area (Å²) in [7, 11) is 1.60. The number of carbonyl (C=O) groups excluding carboxylic acids is 1. The molecule has 0 spiro atoms. The van der Waals surface area contributed by atoms with Gasteiger partial charge in [-0.15, -0.1) is 0 Å². The number of rotatable bonds is 4. The molecule has 0 aromatic heterocycles. The third kappa shape index (κ3) is 2.61. The number of hydrogen-bond donors (Lipinski definition) is 1. The molecular formula is C15H19NO4. The van der Waals surface area contributed by atoms with Crippen LogP contribution in [0.4, 0.5) is 0 Å². The maximum Gasteiger partial charge on any atom is 0.318 e. The number of ether oxygens (including phenoxy) is 1. The highest BCUT2D eigenvalue weighted by Crippen LogP contribution is 2.32. The Hall–Kier alpha value is -2.04. The number of carbonyl (C=O) groups is 2. The van der Waals surface area contributed by atoms with Crippen molar-refractivity contribution in [3.8, 4) is 5.75 Å². The molecule has 1 aromatic carbocycles. The fourth-order valence-electron chi connectivity index (χ4n) is 2.48. The first-order valence-corrected chi connectivity index (χ1v) is 6.63. The zero-order chi connectivity index (χ0) is 14.8. The first-order chi connectivity index (χ1) is 9.47. The summed E-state index contributed by atoms with van der Waals surface area (Å²) in [6.07, 6.45) is 1.12. The molecule has 1 aromatic rings. The summed E-state index contributed by atoms with van der Waals surface area (Å²) in [5, 5.41) is 9.26. The average Bonchev–Trinajstić information content (AvgIpc) is 2.44. The van der Waals surface area contributed by atoms with Crippen LogP contribution >= 0.6 is 0 Å². The molecule has 1 aliphatic heterocycles. The number of carboxylic acids is 1. The van der Waals surface area contributed by atoms with Crippen molar-refractivity contribution in [3.05, 3.63) is 29.8 Å². The third-order valence-corrected chi connectivity index (χ3v) is 3.87. The molecule has 1 heterocycles. The van der Waals surface area contributed by atoms with E-state index in [1.54, 1.807) is 12.0 Å². The van der Waals surface area contributed by atoms with Crippen molar-refractivity contribution < 1.29 is 19.4 Å². The van der Waals surface area contributed by atoms with Crippen LogP contribution in [-0.4, -0.2) is 35.5 Å². The van der Waals surface area contributed by atoms with Gasteiger partial charge in [-0.2, -0.15) is 0 Å². The van der Waals surface area contributed by atoms with Crippen LogP contribution in [0.1, 0.15) is 25.3 Å². The van der Waals surface area contributed by atoms with E-state index in [1.807, 2.05) is 24.3 Å². The summed E-state index contributed by atoms with van der Waals surface area (Å²) in [5.41, 5.74) is -0.321. The fourth-order valence-corrected chi connectivity index (χ4v) is 2.48. The summed E-state index contributed by atoms with van der Waals surface area (Å²) >= 11 is 0. The van der Waals surface area contributed by atoms with E-state index in [1.165, 1.54) is 6.92 Å². The monoisotopic (exact) mass is 277 g/mol. The van der Waals surface area contributed by atoms with E-state index < -0.39 is 11.4 Å². The second-order valence-electron chi connectivity index (χ2n) is 5.32. The summed E-state index contributed by atoms with van der Waals surface area (Å²) in [4.78, 5) is 25.3. The molecule has 5 heteroatoms. The molecule has 0 bridgehead atoms. The number of aliphatic carboxylic acids is 1. The molecule has 0 radical (unpaired) electrons. The van der Waals surface area contributed by atoms with Gasteiger partial charge in [0.25, 0.3) is 0 Å². The Kier molecular flexibility index (Phi) is 3.97. The van der Waals surface area contributed by atoms with E-state index in [4.69, 9.17) is 4.74 Å². The van der Waals surface area contributed by atoms with Gasteiger partial charge in [-0.3, -0.25) is 9.59 Å². The standard InChI is InChI=1S/C15H19NO4/c1-15(14(18)19)8-3-9-16(13(15)17)10-11-4-6-12(20-2)7-5-11/h4-7H,3,8-10H2,1-2H3,(H,18,19). The molecule has 5 nitrogen and oxygen atoms in total. The zero-order valence-electron chi connectivity index (χ0n) is 11.8. The van der Waals surface area contributed by atoms with Crippen LogP contribution in [0.3, 0.4) is 0 Å². The molecular weight excluding hydrogens is 258 g/mol. The van der Waals surface area contributed by atoms with E-state index in [0.717, 1.165) is 11.3 Å². The maximum atomic E-state index is 12.3. The molecule has 1 amide bonds. The number of methoxy groups -OCH3 is 1. The van der Waals surface area contributed by atoms with E-state index >= 15 is 0 Å². The molecule has 0 saturated carbocycles. The van der Waals surface area contributed by atoms with Crippen LogP contribution < -0.4 is 4.74 Å². The number of benzene rings is 1. The second-order valence-corrected chi connectivity index (χ2v) is 5.32. The first kappa shape index (κ1) is 14.4. The highest BCUT2D eigenvalue weighted by Gasteiger charge is 2.46. The Bertz CT molecular complexity index is 511. The topological polar surface area (TPSA) is 66.8 Å². The van der Waals surface area contributed by atoms with Gasteiger partial charge in [0, 0.05) is 13.1 Å². The van der Waals surface area contributed by atoms with Gasteiger partial charge in [0.15, 0.2) is 0 Å².